The number of carbonyl (C=O) groups is 1. The van der Waals surface area contributed by atoms with Crippen molar-refractivity contribution in [1.82, 2.24) is 9.38 Å². The fourth-order valence-corrected chi connectivity index (χ4v) is 2.76. The van der Waals surface area contributed by atoms with Crippen molar-refractivity contribution < 1.29 is 4.79 Å². The number of aromatic nitrogens is 2. The van der Waals surface area contributed by atoms with Gasteiger partial charge in [-0.2, -0.15) is 5.26 Å². The van der Waals surface area contributed by atoms with Crippen molar-refractivity contribution in [2.75, 3.05) is 5.32 Å². The van der Waals surface area contributed by atoms with Gasteiger partial charge in [0.15, 0.2) is 0 Å². The van der Waals surface area contributed by atoms with Crippen LogP contribution in [0.1, 0.15) is 28.7 Å². The van der Waals surface area contributed by atoms with Gasteiger partial charge in [0, 0.05) is 10.7 Å². The molecular formula is C17H13BrN4O. The molecule has 0 spiro atoms. The highest BCUT2D eigenvalue weighted by atomic mass is 79.9. The number of para-hydroxylation sites is 1. The van der Waals surface area contributed by atoms with Crippen LogP contribution in [-0.4, -0.2) is 15.3 Å². The summed E-state index contributed by atoms with van der Waals surface area (Å²) in [6, 6.07) is 12.7. The number of aryl methyl sites for hydroxylation is 1. The van der Waals surface area contributed by atoms with Gasteiger partial charge in [0.2, 0.25) is 0 Å². The minimum absolute atomic E-state index is 0.282. The number of amides is 1. The van der Waals surface area contributed by atoms with Gasteiger partial charge < -0.3 is 5.32 Å². The molecule has 2 aromatic heterocycles. The first-order valence-corrected chi connectivity index (χ1v) is 7.90. The summed E-state index contributed by atoms with van der Waals surface area (Å²) in [5.41, 5.74) is 2.83. The fourth-order valence-electron chi connectivity index (χ4n) is 2.43. The highest BCUT2D eigenvalue weighted by Crippen LogP contribution is 2.20. The minimum Gasteiger partial charge on any atom is -0.319 e. The summed E-state index contributed by atoms with van der Waals surface area (Å²) in [5.74, 6) is -0.282. The predicted molar refractivity (Wildman–Crippen MR) is 91.4 cm³/mol. The van der Waals surface area contributed by atoms with Gasteiger partial charge in [0.05, 0.1) is 16.9 Å². The predicted octanol–water partition coefficient (Wildman–Crippen LogP) is 3.78. The topological polar surface area (TPSA) is 70.2 Å². The number of imidazole rings is 1. The summed E-state index contributed by atoms with van der Waals surface area (Å²) in [6.07, 6.45) is 2.45. The number of halogens is 1. The molecule has 1 amide bonds. The van der Waals surface area contributed by atoms with Crippen molar-refractivity contribution in [1.29, 1.82) is 5.26 Å². The molecule has 0 aliphatic heterocycles. The van der Waals surface area contributed by atoms with E-state index in [1.165, 1.54) is 0 Å². The zero-order valence-electron chi connectivity index (χ0n) is 12.4. The lowest BCUT2D eigenvalue weighted by Gasteiger charge is -2.08. The van der Waals surface area contributed by atoms with Crippen LogP contribution >= 0.6 is 15.9 Å². The van der Waals surface area contributed by atoms with Crippen LogP contribution in [0.4, 0.5) is 5.69 Å². The Bertz CT molecular complexity index is 939. The van der Waals surface area contributed by atoms with Gasteiger partial charge in [-0.25, -0.2) is 4.98 Å². The van der Waals surface area contributed by atoms with Crippen LogP contribution in [-0.2, 0) is 6.42 Å². The molecule has 114 valence electrons. The number of hydrogen-bond donors (Lipinski definition) is 1. The molecule has 0 saturated heterocycles. The van der Waals surface area contributed by atoms with Crippen molar-refractivity contribution in [3.8, 4) is 6.07 Å². The number of fused-ring (bicyclic) bond motifs is 1. The largest absolute Gasteiger partial charge is 0.319 e. The highest BCUT2D eigenvalue weighted by Gasteiger charge is 2.19. The molecule has 0 aliphatic carbocycles. The molecule has 23 heavy (non-hydrogen) atoms. The quantitative estimate of drug-likeness (QED) is 0.764. The van der Waals surface area contributed by atoms with Gasteiger partial charge in [0.1, 0.15) is 17.4 Å². The Hall–Kier alpha value is -2.65. The van der Waals surface area contributed by atoms with Gasteiger partial charge in [0.25, 0.3) is 5.91 Å². The highest BCUT2D eigenvalue weighted by molar-refractivity contribution is 9.10. The number of pyridine rings is 1. The molecule has 5 nitrogen and oxygen atoms in total. The fraction of sp³-hybridized carbons (Fsp3) is 0.118. The Morgan fingerprint density at radius 2 is 2.13 bits per heavy atom. The summed E-state index contributed by atoms with van der Waals surface area (Å²) in [7, 11) is 0. The van der Waals surface area contributed by atoms with E-state index in [9.17, 15) is 4.79 Å². The first-order chi connectivity index (χ1) is 11.1. The summed E-state index contributed by atoms with van der Waals surface area (Å²) >= 11 is 3.41. The Kier molecular flexibility index (Phi) is 4.13. The van der Waals surface area contributed by atoms with Crippen LogP contribution in [0.5, 0.6) is 0 Å². The third-order valence-electron chi connectivity index (χ3n) is 3.50. The van der Waals surface area contributed by atoms with Crippen LogP contribution in [0.25, 0.3) is 5.65 Å². The van der Waals surface area contributed by atoms with Gasteiger partial charge in [-0.1, -0.05) is 19.1 Å². The summed E-state index contributed by atoms with van der Waals surface area (Å²) in [5, 5.41) is 12.0. The van der Waals surface area contributed by atoms with Crippen molar-refractivity contribution in [2.24, 2.45) is 0 Å². The van der Waals surface area contributed by atoms with E-state index in [2.05, 4.69) is 32.3 Å². The van der Waals surface area contributed by atoms with Gasteiger partial charge in [-0.05, 0) is 46.6 Å². The lowest BCUT2D eigenvalue weighted by molar-refractivity contribution is 0.102. The molecular weight excluding hydrogens is 356 g/mol. The number of benzene rings is 1. The molecule has 0 radical (unpaired) electrons. The first kappa shape index (κ1) is 15.3. The molecule has 3 aromatic rings. The van der Waals surface area contributed by atoms with Gasteiger partial charge in [-0.15, -0.1) is 0 Å². The number of carbonyl (C=O) groups excluding carboxylic acids is 1. The Morgan fingerprint density at radius 3 is 2.87 bits per heavy atom. The molecule has 1 aromatic carbocycles. The standard InChI is InChI=1S/C17H13BrN4O/c1-2-13-16(22-10-12(18)7-8-15(22)20-13)17(23)21-14-6-4-3-5-11(14)9-19/h3-8,10H,2H2,1H3,(H,21,23). The third-order valence-corrected chi connectivity index (χ3v) is 3.97. The maximum Gasteiger partial charge on any atom is 0.274 e. The van der Waals surface area contributed by atoms with Crippen LogP contribution < -0.4 is 5.32 Å². The first-order valence-electron chi connectivity index (χ1n) is 7.11. The summed E-state index contributed by atoms with van der Waals surface area (Å²) < 4.78 is 2.62. The third kappa shape index (κ3) is 2.83. The normalized spacial score (nSPS) is 10.5. The van der Waals surface area contributed by atoms with Crippen LogP contribution in [0.3, 0.4) is 0 Å². The maximum atomic E-state index is 12.8. The van der Waals surface area contributed by atoms with E-state index < -0.39 is 0 Å². The second kappa shape index (κ2) is 6.23. The minimum atomic E-state index is -0.282. The Morgan fingerprint density at radius 1 is 1.35 bits per heavy atom. The Balaban J connectivity index is 2.07. The van der Waals surface area contributed by atoms with Gasteiger partial charge >= 0.3 is 0 Å². The monoisotopic (exact) mass is 368 g/mol. The molecule has 1 N–H and O–H groups in total. The van der Waals surface area contributed by atoms with Crippen LogP contribution in [0.15, 0.2) is 47.1 Å². The van der Waals surface area contributed by atoms with E-state index in [0.29, 0.717) is 29.0 Å². The van der Waals surface area contributed by atoms with Crippen molar-refractivity contribution in [3.05, 3.63) is 64.0 Å². The summed E-state index contributed by atoms with van der Waals surface area (Å²) in [4.78, 5) is 17.2. The van der Waals surface area contributed by atoms with Crippen LogP contribution in [0, 0.1) is 11.3 Å². The van der Waals surface area contributed by atoms with Gasteiger partial charge in [-0.3, -0.25) is 9.20 Å². The van der Waals surface area contributed by atoms with E-state index in [0.717, 1.165) is 10.2 Å². The lowest BCUT2D eigenvalue weighted by Crippen LogP contribution is -2.17. The molecule has 0 saturated carbocycles. The van der Waals surface area contributed by atoms with Crippen molar-refractivity contribution in [2.45, 2.75) is 13.3 Å². The average molecular weight is 369 g/mol. The number of nitrogens with zero attached hydrogens (tertiary/aromatic N) is 3. The molecule has 0 unspecified atom stereocenters. The summed E-state index contributed by atoms with van der Waals surface area (Å²) in [6.45, 7) is 1.96. The van der Waals surface area contributed by atoms with E-state index in [-0.39, 0.29) is 5.91 Å². The SMILES string of the molecule is CCc1nc2ccc(Br)cn2c1C(=O)Nc1ccccc1C#N. The number of rotatable bonds is 3. The molecule has 0 atom stereocenters. The number of hydrogen-bond acceptors (Lipinski definition) is 3. The molecule has 0 aliphatic rings. The van der Waals surface area contributed by atoms with Crippen molar-refractivity contribution in [3.63, 3.8) is 0 Å². The average Bonchev–Trinajstić information content (AvgIpc) is 2.93. The van der Waals surface area contributed by atoms with E-state index in [1.807, 2.05) is 25.3 Å². The molecule has 2 heterocycles. The smallest absolute Gasteiger partial charge is 0.274 e. The molecule has 0 bridgehead atoms. The number of nitriles is 1. The van der Waals surface area contributed by atoms with E-state index >= 15 is 0 Å². The lowest BCUT2D eigenvalue weighted by atomic mass is 10.2. The van der Waals surface area contributed by atoms with E-state index in [4.69, 9.17) is 5.26 Å². The zero-order valence-corrected chi connectivity index (χ0v) is 14.0. The molecule has 0 fully saturated rings. The van der Waals surface area contributed by atoms with E-state index in [1.54, 1.807) is 28.7 Å². The van der Waals surface area contributed by atoms with Crippen molar-refractivity contribution >= 4 is 33.2 Å². The van der Waals surface area contributed by atoms with Crippen LogP contribution in [0.2, 0.25) is 0 Å². The zero-order chi connectivity index (χ0) is 16.4. The number of anilines is 1. The molecule has 6 heteroatoms. The number of nitrogens with one attached hydrogen (secondary N) is 1. The second-order valence-electron chi connectivity index (χ2n) is 4.95. The molecule has 3 rings (SSSR count). The Labute approximate surface area is 141 Å². The maximum absolute atomic E-state index is 12.8. The second-order valence-corrected chi connectivity index (χ2v) is 5.86.